The number of hydrogen-bond donors (Lipinski definition) is 0. The summed E-state index contributed by atoms with van der Waals surface area (Å²) in [4.78, 5) is 42.4. The summed E-state index contributed by atoms with van der Waals surface area (Å²) in [5, 5.41) is 0. The summed E-state index contributed by atoms with van der Waals surface area (Å²) < 4.78 is 57.8. The van der Waals surface area contributed by atoms with Crippen molar-refractivity contribution in [2.24, 2.45) is 0 Å². The molecule has 0 spiro atoms. The van der Waals surface area contributed by atoms with Crippen LogP contribution < -0.4 is 9.64 Å². The minimum absolute atomic E-state index is 0.0845. The summed E-state index contributed by atoms with van der Waals surface area (Å²) in [5.41, 5.74) is -0.543. The lowest BCUT2D eigenvalue weighted by atomic mass is 10.1. The van der Waals surface area contributed by atoms with E-state index >= 15 is 0 Å². The van der Waals surface area contributed by atoms with Crippen molar-refractivity contribution >= 4 is 33.7 Å². The standard InChI is InChI=1S/C29H36FN3O8S/c1-20(27(35)41-29(2,3)4)33(22-9-11-23(12-10-22)40-28(36)31-16-18-39-19-17-31)26(34)25-6-5-15-32(25)42(37,38)24-13-7-21(30)8-14-24/h7-14,20,25H,5-6,15-19H2,1-4H3/t20-,25-/m0/s1. The van der Waals surface area contributed by atoms with Gasteiger partial charge >= 0.3 is 12.1 Å². The molecule has 2 aliphatic heterocycles. The molecule has 11 nitrogen and oxygen atoms in total. The first-order valence-electron chi connectivity index (χ1n) is 13.8. The Morgan fingerprint density at radius 1 is 1.00 bits per heavy atom. The lowest BCUT2D eigenvalue weighted by Gasteiger charge is -2.34. The highest BCUT2D eigenvalue weighted by Crippen LogP contribution is 2.31. The summed E-state index contributed by atoms with van der Waals surface area (Å²) in [6, 6.07) is 8.22. The number of nitrogens with zero attached hydrogens (tertiary/aromatic N) is 3. The molecule has 0 aliphatic carbocycles. The SMILES string of the molecule is C[C@@H](C(=O)OC(C)(C)C)N(C(=O)[C@@H]1CCCN1S(=O)(=O)c1ccc(F)cc1)c1ccc(OC(=O)N2CCOCC2)cc1. The van der Waals surface area contributed by atoms with Crippen molar-refractivity contribution in [3.8, 4) is 5.75 Å². The van der Waals surface area contributed by atoms with Crippen molar-refractivity contribution in [2.75, 3.05) is 37.7 Å². The second-order valence-corrected chi connectivity index (χ2v) is 13.0. The Kier molecular flexibility index (Phi) is 9.53. The zero-order valence-corrected chi connectivity index (χ0v) is 24.9. The van der Waals surface area contributed by atoms with E-state index in [0.29, 0.717) is 32.7 Å². The number of benzene rings is 2. The lowest BCUT2D eigenvalue weighted by molar-refractivity contribution is -0.157. The monoisotopic (exact) mass is 605 g/mol. The summed E-state index contributed by atoms with van der Waals surface area (Å²) >= 11 is 0. The van der Waals surface area contributed by atoms with E-state index in [-0.39, 0.29) is 29.3 Å². The molecule has 2 heterocycles. The molecule has 0 bridgehead atoms. The Labute approximate surface area is 245 Å². The first-order valence-corrected chi connectivity index (χ1v) is 15.2. The molecule has 2 aromatic rings. The van der Waals surface area contributed by atoms with Gasteiger partial charge in [-0.1, -0.05) is 0 Å². The van der Waals surface area contributed by atoms with E-state index < -0.39 is 51.5 Å². The fourth-order valence-corrected chi connectivity index (χ4v) is 6.45. The molecule has 4 rings (SSSR count). The van der Waals surface area contributed by atoms with Crippen LogP contribution in [0.2, 0.25) is 0 Å². The molecule has 2 fully saturated rings. The molecule has 0 saturated carbocycles. The van der Waals surface area contributed by atoms with E-state index in [1.807, 2.05) is 0 Å². The molecular formula is C29H36FN3O8S. The quantitative estimate of drug-likeness (QED) is 0.439. The number of ether oxygens (including phenoxy) is 3. The summed E-state index contributed by atoms with van der Waals surface area (Å²) in [7, 11) is -4.14. The average molecular weight is 606 g/mol. The number of sulfonamides is 1. The smallest absolute Gasteiger partial charge is 0.415 e. The van der Waals surface area contributed by atoms with Gasteiger partial charge in [-0.15, -0.1) is 0 Å². The maximum absolute atomic E-state index is 14.1. The van der Waals surface area contributed by atoms with Crippen LogP contribution in [0, 0.1) is 5.82 Å². The molecule has 13 heteroatoms. The van der Waals surface area contributed by atoms with Gasteiger partial charge in [0.05, 0.1) is 18.1 Å². The van der Waals surface area contributed by atoms with E-state index in [1.54, 1.807) is 20.8 Å². The molecule has 0 radical (unpaired) electrons. The highest BCUT2D eigenvalue weighted by molar-refractivity contribution is 7.89. The van der Waals surface area contributed by atoms with Gasteiger partial charge in [0.2, 0.25) is 15.9 Å². The van der Waals surface area contributed by atoms with Crippen LogP contribution in [0.25, 0.3) is 0 Å². The number of morpholine rings is 1. The molecule has 2 aliphatic rings. The molecule has 2 amide bonds. The van der Waals surface area contributed by atoms with Gasteiger partial charge in [0.25, 0.3) is 0 Å². The Balaban J connectivity index is 1.62. The molecular weight excluding hydrogens is 569 g/mol. The number of halogens is 1. The van der Waals surface area contributed by atoms with Gasteiger partial charge in [0.15, 0.2) is 0 Å². The molecule has 0 aromatic heterocycles. The van der Waals surface area contributed by atoms with Crippen molar-refractivity contribution in [3.63, 3.8) is 0 Å². The number of carbonyl (C=O) groups is 3. The number of hydrogen-bond acceptors (Lipinski definition) is 8. The third-order valence-corrected chi connectivity index (χ3v) is 8.79. The van der Waals surface area contributed by atoms with Crippen LogP contribution in [0.4, 0.5) is 14.9 Å². The van der Waals surface area contributed by atoms with Crippen molar-refractivity contribution in [1.82, 2.24) is 9.21 Å². The molecule has 0 N–H and O–H groups in total. The van der Waals surface area contributed by atoms with Gasteiger partial charge < -0.3 is 19.1 Å². The predicted molar refractivity (Wildman–Crippen MR) is 151 cm³/mol. The molecule has 0 unspecified atom stereocenters. The minimum atomic E-state index is -4.14. The summed E-state index contributed by atoms with van der Waals surface area (Å²) in [5.74, 6) is -1.65. The van der Waals surface area contributed by atoms with E-state index in [4.69, 9.17) is 14.2 Å². The molecule has 2 atom stereocenters. The van der Waals surface area contributed by atoms with Crippen molar-refractivity contribution in [1.29, 1.82) is 0 Å². The van der Waals surface area contributed by atoms with Crippen LogP contribution >= 0.6 is 0 Å². The number of carbonyl (C=O) groups excluding carboxylic acids is 3. The van der Waals surface area contributed by atoms with Crippen LogP contribution in [0.5, 0.6) is 5.75 Å². The molecule has 2 aromatic carbocycles. The maximum Gasteiger partial charge on any atom is 0.415 e. The van der Waals surface area contributed by atoms with Crippen LogP contribution in [0.15, 0.2) is 53.4 Å². The molecule has 2 saturated heterocycles. The lowest BCUT2D eigenvalue weighted by Crippen LogP contribution is -2.53. The first kappa shape index (κ1) is 31.4. The highest BCUT2D eigenvalue weighted by atomic mass is 32.2. The highest BCUT2D eigenvalue weighted by Gasteiger charge is 2.44. The van der Waals surface area contributed by atoms with Crippen LogP contribution in [-0.2, 0) is 29.1 Å². The summed E-state index contributed by atoms with van der Waals surface area (Å²) in [6.07, 6.45) is 0.113. The fraction of sp³-hybridized carbons (Fsp3) is 0.483. The largest absolute Gasteiger partial charge is 0.458 e. The van der Waals surface area contributed by atoms with Gasteiger partial charge in [-0.05, 0) is 89.1 Å². The first-order chi connectivity index (χ1) is 19.8. The maximum atomic E-state index is 14.1. The average Bonchev–Trinajstić information content (AvgIpc) is 3.45. The van der Waals surface area contributed by atoms with E-state index in [1.165, 1.54) is 41.0 Å². The van der Waals surface area contributed by atoms with Crippen molar-refractivity contribution in [3.05, 3.63) is 54.3 Å². The predicted octanol–water partition coefficient (Wildman–Crippen LogP) is 3.57. The Morgan fingerprint density at radius 2 is 1.62 bits per heavy atom. The van der Waals surface area contributed by atoms with Gasteiger partial charge in [0.1, 0.15) is 29.3 Å². The molecule has 228 valence electrons. The van der Waals surface area contributed by atoms with E-state index in [0.717, 1.165) is 28.6 Å². The van der Waals surface area contributed by atoms with Crippen LogP contribution in [0.1, 0.15) is 40.5 Å². The number of amides is 2. The number of rotatable bonds is 7. The Morgan fingerprint density at radius 3 is 2.21 bits per heavy atom. The second kappa shape index (κ2) is 12.8. The molecule has 42 heavy (non-hydrogen) atoms. The third kappa shape index (κ3) is 7.26. The summed E-state index contributed by atoms with van der Waals surface area (Å²) in [6.45, 7) is 8.36. The van der Waals surface area contributed by atoms with E-state index in [9.17, 15) is 27.2 Å². The Hall–Kier alpha value is -3.55. The number of esters is 1. The second-order valence-electron chi connectivity index (χ2n) is 11.1. The third-order valence-electron chi connectivity index (χ3n) is 6.87. The Bertz CT molecular complexity index is 1390. The number of anilines is 1. The normalized spacial score (nSPS) is 18.8. The van der Waals surface area contributed by atoms with Crippen LogP contribution in [0.3, 0.4) is 0 Å². The zero-order valence-electron chi connectivity index (χ0n) is 24.1. The van der Waals surface area contributed by atoms with Crippen molar-refractivity contribution < 1.29 is 41.4 Å². The van der Waals surface area contributed by atoms with Gasteiger partial charge in [0, 0.05) is 25.3 Å². The van der Waals surface area contributed by atoms with Crippen LogP contribution in [-0.4, -0.2) is 86.1 Å². The fourth-order valence-electron chi connectivity index (χ4n) is 4.80. The van der Waals surface area contributed by atoms with Crippen molar-refractivity contribution in [2.45, 2.75) is 63.1 Å². The minimum Gasteiger partial charge on any atom is -0.458 e. The van der Waals surface area contributed by atoms with Gasteiger partial charge in [-0.3, -0.25) is 9.69 Å². The van der Waals surface area contributed by atoms with Gasteiger partial charge in [-0.2, -0.15) is 4.31 Å². The van der Waals surface area contributed by atoms with E-state index in [2.05, 4.69) is 0 Å². The van der Waals surface area contributed by atoms with Gasteiger partial charge in [-0.25, -0.2) is 22.4 Å². The zero-order chi connectivity index (χ0) is 30.7. The topological polar surface area (TPSA) is 123 Å².